The molecule has 5 nitrogen and oxygen atoms in total. The van der Waals surface area contributed by atoms with Crippen LogP contribution in [-0.2, 0) is 6.54 Å². The molecule has 0 fully saturated rings. The predicted octanol–water partition coefficient (Wildman–Crippen LogP) is 4.56. The first-order valence-electron chi connectivity index (χ1n) is 9.71. The Labute approximate surface area is 188 Å². The normalized spacial score (nSPS) is 13.9. The quantitative estimate of drug-likeness (QED) is 0.521. The van der Waals surface area contributed by atoms with Gasteiger partial charge in [-0.2, -0.15) is 0 Å². The summed E-state index contributed by atoms with van der Waals surface area (Å²) >= 11 is 12.1. The molecule has 0 heterocycles. The summed E-state index contributed by atoms with van der Waals surface area (Å²) in [5.74, 6) is 0.669. The van der Waals surface area contributed by atoms with Gasteiger partial charge < -0.3 is 15.6 Å². The van der Waals surface area contributed by atoms with E-state index in [0.717, 1.165) is 16.8 Å². The van der Waals surface area contributed by atoms with E-state index in [1.807, 2.05) is 50.1 Å². The van der Waals surface area contributed by atoms with Crippen LogP contribution in [0.5, 0.6) is 5.75 Å². The van der Waals surface area contributed by atoms with Gasteiger partial charge in [0.2, 0.25) is 0 Å². The lowest BCUT2D eigenvalue weighted by Gasteiger charge is -2.23. The van der Waals surface area contributed by atoms with E-state index in [4.69, 9.17) is 33.7 Å². The molecule has 0 saturated carbocycles. The van der Waals surface area contributed by atoms with E-state index < -0.39 is 6.10 Å². The van der Waals surface area contributed by atoms with E-state index in [9.17, 15) is 5.11 Å². The highest BCUT2D eigenvalue weighted by Crippen LogP contribution is 2.17. The van der Waals surface area contributed by atoms with Crippen molar-refractivity contribution in [2.75, 3.05) is 26.7 Å². The molecule has 0 radical (unpaired) electrons. The maximum absolute atomic E-state index is 10.3. The molecule has 2 aromatic carbocycles. The van der Waals surface area contributed by atoms with E-state index in [1.54, 1.807) is 24.3 Å². The van der Waals surface area contributed by atoms with Crippen molar-refractivity contribution in [1.29, 1.82) is 0 Å². The zero-order valence-corrected chi connectivity index (χ0v) is 19.1. The highest BCUT2D eigenvalue weighted by atomic mass is 35.5. The highest BCUT2D eigenvalue weighted by Gasteiger charge is 2.14. The van der Waals surface area contributed by atoms with Crippen LogP contribution in [0.25, 0.3) is 0 Å². The summed E-state index contributed by atoms with van der Waals surface area (Å²) in [6, 6.07) is 14.7. The number of likely N-dealkylation sites (N-methyl/N-ethyl adjacent to an activating group) is 1. The standard InChI is InChI=1S/C23H29Cl2N3O2/c1-16(26)22(17(2)27-12-18-6-4-5-7-23(18)25)14-28(3)13-20(29)15-30-21-10-8-19(24)9-11-21/h4-11,20,29H,12-15,26H2,1-3H3/b22-16-,27-17?. The molecule has 1 atom stereocenters. The van der Waals surface area contributed by atoms with Crippen molar-refractivity contribution in [2.45, 2.75) is 26.5 Å². The fourth-order valence-electron chi connectivity index (χ4n) is 2.92. The molecule has 0 amide bonds. The van der Waals surface area contributed by atoms with Gasteiger partial charge in [0, 0.05) is 40.1 Å². The van der Waals surface area contributed by atoms with Crippen LogP contribution in [0.2, 0.25) is 10.0 Å². The Kier molecular flexibility index (Phi) is 9.66. The molecule has 1 unspecified atom stereocenters. The van der Waals surface area contributed by atoms with E-state index >= 15 is 0 Å². The second-order valence-corrected chi connectivity index (χ2v) is 8.11. The second kappa shape index (κ2) is 12.0. The summed E-state index contributed by atoms with van der Waals surface area (Å²) in [4.78, 5) is 6.66. The summed E-state index contributed by atoms with van der Waals surface area (Å²) in [6.07, 6.45) is -0.648. The molecular formula is C23H29Cl2N3O2. The number of aliphatic imine (C=N–C) groups is 1. The number of allylic oxidation sites excluding steroid dienone is 1. The van der Waals surface area contributed by atoms with Crippen molar-refractivity contribution in [3.05, 3.63) is 75.4 Å². The lowest BCUT2D eigenvalue weighted by molar-refractivity contribution is 0.0791. The number of nitrogens with zero attached hydrogens (tertiary/aromatic N) is 2. The maximum atomic E-state index is 10.3. The molecule has 0 aliphatic heterocycles. The van der Waals surface area contributed by atoms with Crippen molar-refractivity contribution in [3.63, 3.8) is 0 Å². The molecule has 0 bridgehead atoms. The number of nitrogens with two attached hydrogens (primary N) is 1. The number of halogens is 2. The monoisotopic (exact) mass is 449 g/mol. The van der Waals surface area contributed by atoms with Gasteiger partial charge in [-0.05, 0) is 56.8 Å². The van der Waals surface area contributed by atoms with Gasteiger partial charge >= 0.3 is 0 Å². The van der Waals surface area contributed by atoms with Crippen molar-refractivity contribution >= 4 is 28.9 Å². The molecular weight excluding hydrogens is 421 g/mol. The van der Waals surface area contributed by atoms with Gasteiger partial charge in [-0.1, -0.05) is 41.4 Å². The molecule has 0 saturated heterocycles. The molecule has 7 heteroatoms. The fourth-order valence-corrected chi connectivity index (χ4v) is 3.24. The first-order valence-corrected chi connectivity index (χ1v) is 10.5. The van der Waals surface area contributed by atoms with Crippen molar-refractivity contribution in [1.82, 2.24) is 4.90 Å². The third kappa shape index (κ3) is 8.00. The van der Waals surface area contributed by atoms with Crippen LogP contribution < -0.4 is 10.5 Å². The molecule has 3 N–H and O–H groups in total. The lowest BCUT2D eigenvalue weighted by atomic mass is 10.1. The van der Waals surface area contributed by atoms with Gasteiger partial charge in [0.05, 0.1) is 6.54 Å². The average molecular weight is 450 g/mol. The van der Waals surface area contributed by atoms with Crippen LogP contribution in [0, 0.1) is 0 Å². The summed E-state index contributed by atoms with van der Waals surface area (Å²) in [6.45, 7) is 5.48. The first-order chi connectivity index (χ1) is 14.3. The summed E-state index contributed by atoms with van der Waals surface area (Å²) in [5, 5.41) is 11.7. The minimum atomic E-state index is -0.648. The Balaban J connectivity index is 1.90. The topological polar surface area (TPSA) is 71.1 Å². The zero-order valence-electron chi connectivity index (χ0n) is 17.6. The van der Waals surface area contributed by atoms with Crippen LogP contribution in [0.1, 0.15) is 19.4 Å². The van der Waals surface area contributed by atoms with E-state index in [1.165, 1.54) is 0 Å². The summed E-state index contributed by atoms with van der Waals surface area (Å²) in [5.41, 5.74) is 9.58. The smallest absolute Gasteiger partial charge is 0.119 e. The van der Waals surface area contributed by atoms with Gasteiger partial charge in [-0.25, -0.2) is 0 Å². The molecule has 30 heavy (non-hydrogen) atoms. The van der Waals surface area contributed by atoms with Crippen LogP contribution in [-0.4, -0.2) is 48.6 Å². The van der Waals surface area contributed by atoms with Gasteiger partial charge in [0.15, 0.2) is 0 Å². The Morgan fingerprint density at radius 2 is 1.80 bits per heavy atom. The fraction of sp³-hybridized carbons (Fsp3) is 0.348. The van der Waals surface area contributed by atoms with Crippen LogP contribution in [0.4, 0.5) is 0 Å². The molecule has 0 aliphatic rings. The number of hydrogen-bond acceptors (Lipinski definition) is 5. The molecule has 0 spiro atoms. The second-order valence-electron chi connectivity index (χ2n) is 7.27. The number of aliphatic hydroxyl groups excluding tert-OH is 1. The molecule has 162 valence electrons. The maximum Gasteiger partial charge on any atom is 0.119 e. The third-order valence-electron chi connectivity index (χ3n) is 4.56. The van der Waals surface area contributed by atoms with E-state index in [-0.39, 0.29) is 6.61 Å². The van der Waals surface area contributed by atoms with Crippen molar-refractivity contribution in [3.8, 4) is 5.75 Å². The molecule has 2 rings (SSSR count). The van der Waals surface area contributed by atoms with Gasteiger partial charge in [-0.15, -0.1) is 0 Å². The molecule has 0 aliphatic carbocycles. The Hall–Kier alpha value is -2.05. The summed E-state index contributed by atoms with van der Waals surface area (Å²) < 4.78 is 5.61. The SMILES string of the molecule is CC(=NCc1ccccc1Cl)/C(CN(C)CC(O)COc1ccc(Cl)cc1)=C(/C)N. The average Bonchev–Trinajstić information content (AvgIpc) is 2.70. The number of ether oxygens (including phenoxy) is 1. The number of aliphatic hydroxyl groups is 1. The molecule has 0 aromatic heterocycles. The van der Waals surface area contributed by atoms with Crippen LogP contribution >= 0.6 is 23.2 Å². The van der Waals surface area contributed by atoms with E-state index in [2.05, 4.69) is 4.99 Å². The largest absolute Gasteiger partial charge is 0.491 e. The number of benzene rings is 2. The van der Waals surface area contributed by atoms with Crippen LogP contribution in [0.3, 0.4) is 0 Å². The lowest BCUT2D eigenvalue weighted by Crippen LogP contribution is -2.35. The van der Waals surface area contributed by atoms with Crippen LogP contribution in [0.15, 0.2) is 64.8 Å². The number of hydrogen-bond donors (Lipinski definition) is 2. The van der Waals surface area contributed by atoms with Crippen molar-refractivity contribution in [2.24, 2.45) is 10.7 Å². The highest BCUT2D eigenvalue weighted by molar-refractivity contribution is 6.31. The first kappa shape index (κ1) is 24.2. The minimum Gasteiger partial charge on any atom is -0.491 e. The van der Waals surface area contributed by atoms with Gasteiger partial charge in [-0.3, -0.25) is 9.89 Å². The third-order valence-corrected chi connectivity index (χ3v) is 5.18. The van der Waals surface area contributed by atoms with Gasteiger partial charge in [0.25, 0.3) is 0 Å². The summed E-state index contributed by atoms with van der Waals surface area (Å²) in [7, 11) is 1.93. The molecule has 2 aromatic rings. The van der Waals surface area contributed by atoms with Crippen molar-refractivity contribution < 1.29 is 9.84 Å². The van der Waals surface area contributed by atoms with Gasteiger partial charge in [0.1, 0.15) is 18.5 Å². The Bertz CT molecular complexity index is 878. The van der Waals surface area contributed by atoms with E-state index in [0.29, 0.717) is 41.1 Å². The minimum absolute atomic E-state index is 0.187. The zero-order chi connectivity index (χ0) is 22.1. The Morgan fingerprint density at radius 3 is 2.43 bits per heavy atom. The number of rotatable bonds is 10. The Morgan fingerprint density at radius 1 is 1.13 bits per heavy atom. The predicted molar refractivity (Wildman–Crippen MR) is 126 cm³/mol.